The molecule has 0 saturated carbocycles. The molecule has 2 unspecified atom stereocenters. The average molecular weight is 448 g/mol. The number of halogens is 3. The summed E-state index contributed by atoms with van der Waals surface area (Å²) in [4.78, 5) is 0.245. The summed E-state index contributed by atoms with van der Waals surface area (Å²) < 4.78 is 33.8. The second-order valence-corrected chi connectivity index (χ2v) is 8.60. The van der Waals surface area contributed by atoms with Gasteiger partial charge < -0.3 is 4.74 Å². The van der Waals surface area contributed by atoms with Crippen LogP contribution in [0.25, 0.3) is 0 Å². The van der Waals surface area contributed by atoms with Gasteiger partial charge in [-0.05, 0) is 41.1 Å². The topological polar surface area (TPSA) is 46.6 Å². The van der Waals surface area contributed by atoms with E-state index in [0.29, 0.717) is 11.0 Å². The number of nitrogens with zero attached hydrogens (tertiary/aromatic N) is 1. The second kappa shape index (κ2) is 6.62. The van der Waals surface area contributed by atoms with Crippen LogP contribution in [-0.2, 0) is 14.8 Å². The summed E-state index contributed by atoms with van der Waals surface area (Å²) >= 11 is 12.4. The average Bonchev–Trinajstić information content (AvgIpc) is 2.40. The molecular formula is C12H14Br2ClNO3S. The molecule has 0 spiro atoms. The predicted octanol–water partition coefficient (Wildman–Crippen LogP) is 3.23. The summed E-state index contributed by atoms with van der Waals surface area (Å²) in [5.41, 5.74) is 0. The van der Waals surface area contributed by atoms with Gasteiger partial charge in [0.1, 0.15) is 0 Å². The maximum Gasteiger partial charge on any atom is 0.244 e. The van der Waals surface area contributed by atoms with Crippen LogP contribution in [0.3, 0.4) is 0 Å². The van der Waals surface area contributed by atoms with Gasteiger partial charge in [-0.15, -0.1) is 11.6 Å². The molecule has 0 aliphatic carbocycles. The third-order valence-corrected chi connectivity index (χ3v) is 6.64. The van der Waals surface area contributed by atoms with E-state index < -0.39 is 10.0 Å². The Bertz CT molecular complexity index is 596. The molecule has 0 N–H and O–H groups in total. The fourth-order valence-electron chi connectivity index (χ4n) is 2.10. The molecule has 0 amide bonds. The van der Waals surface area contributed by atoms with Gasteiger partial charge in [-0.1, -0.05) is 15.9 Å². The van der Waals surface area contributed by atoms with Crippen molar-refractivity contribution in [3.05, 3.63) is 27.1 Å². The summed E-state index contributed by atoms with van der Waals surface area (Å²) in [6, 6.07) is 5.09. The van der Waals surface area contributed by atoms with Gasteiger partial charge in [0.2, 0.25) is 10.0 Å². The molecule has 1 aliphatic heterocycles. The quantitative estimate of drug-likeness (QED) is 0.669. The summed E-state index contributed by atoms with van der Waals surface area (Å²) in [5, 5.41) is 0. The summed E-state index contributed by atoms with van der Waals surface area (Å²) in [6.07, 6.45) is -0.450. The number of alkyl halides is 1. The van der Waals surface area contributed by atoms with Gasteiger partial charge in [0.05, 0.1) is 17.1 Å². The van der Waals surface area contributed by atoms with Gasteiger partial charge in [0.15, 0.2) is 0 Å². The monoisotopic (exact) mass is 445 g/mol. The molecule has 1 fully saturated rings. The van der Waals surface area contributed by atoms with Crippen molar-refractivity contribution in [3.8, 4) is 0 Å². The van der Waals surface area contributed by atoms with Crippen LogP contribution < -0.4 is 0 Å². The zero-order valence-electron chi connectivity index (χ0n) is 10.7. The van der Waals surface area contributed by atoms with E-state index >= 15 is 0 Å². The molecule has 1 saturated heterocycles. The molecular weight excluding hydrogens is 433 g/mol. The van der Waals surface area contributed by atoms with E-state index in [1.165, 1.54) is 4.31 Å². The molecule has 1 heterocycles. The Morgan fingerprint density at radius 1 is 1.40 bits per heavy atom. The Morgan fingerprint density at radius 2 is 2.10 bits per heavy atom. The molecule has 4 nitrogen and oxygen atoms in total. The number of benzene rings is 1. The highest BCUT2D eigenvalue weighted by Crippen LogP contribution is 2.29. The van der Waals surface area contributed by atoms with E-state index in [-0.39, 0.29) is 29.5 Å². The first-order valence-electron chi connectivity index (χ1n) is 6.01. The largest absolute Gasteiger partial charge is 0.371 e. The van der Waals surface area contributed by atoms with Crippen molar-refractivity contribution in [2.45, 2.75) is 24.0 Å². The number of hydrogen-bond acceptors (Lipinski definition) is 3. The van der Waals surface area contributed by atoms with Crippen LogP contribution in [0.5, 0.6) is 0 Å². The van der Waals surface area contributed by atoms with E-state index in [4.69, 9.17) is 16.3 Å². The Kier molecular flexibility index (Phi) is 5.53. The van der Waals surface area contributed by atoms with Crippen LogP contribution in [0.2, 0.25) is 0 Å². The van der Waals surface area contributed by atoms with Crippen molar-refractivity contribution in [1.82, 2.24) is 4.31 Å². The fourth-order valence-corrected chi connectivity index (χ4v) is 5.28. The lowest BCUT2D eigenvalue weighted by atomic mass is 10.3. The molecule has 1 aromatic carbocycles. The first-order chi connectivity index (χ1) is 9.34. The zero-order chi connectivity index (χ0) is 14.9. The first-order valence-corrected chi connectivity index (χ1v) is 9.57. The van der Waals surface area contributed by atoms with Crippen LogP contribution in [-0.4, -0.2) is 43.9 Å². The van der Waals surface area contributed by atoms with Gasteiger partial charge in [0, 0.05) is 27.9 Å². The Morgan fingerprint density at radius 3 is 2.75 bits per heavy atom. The molecule has 112 valence electrons. The van der Waals surface area contributed by atoms with Crippen LogP contribution in [0.1, 0.15) is 6.92 Å². The minimum absolute atomic E-state index is 0.173. The van der Waals surface area contributed by atoms with Gasteiger partial charge in [-0.25, -0.2) is 8.42 Å². The molecule has 1 aromatic rings. The van der Waals surface area contributed by atoms with E-state index in [2.05, 4.69) is 31.9 Å². The lowest BCUT2D eigenvalue weighted by molar-refractivity contribution is -0.0423. The predicted molar refractivity (Wildman–Crippen MR) is 85.7 cm³/mol. The lowest BCUT2D eigenvalue weighted by Gasteiger charge is -2.35. The number of morpholine rings is 1. The van der Waals surface area contributed by atoms with Crippen LogP contribution in [0.15, 0.2) is 32.0 Å². The van der Waals surface area contributed by atoms with Crippen molar-refractivity contribution in [2.24, 2.45) is 0 Å². The van der Waals surface area contributed by atoms with Crippen LogP contribution >= 0.6 is 43.5 Å². The lowest BCUT2D eigenvalue weighted by Crippen LogP contribution is -2.49. The smallest absolute Gasteiger partial charge is 0.244 e. The maximum atomic E-state index is 12.7. The van der Waals surface area contributed by atoms with Gasteiger partial charge in [-0.2, -0.15) is 4.31 Å². The molecule has 0 radical (unpaired) electrons. The number of ether oxygens (including phenoxy) is 1. The van der Waals surface area contributed by atoms with Crippen molar-refractivity contribution < 1.29 is 13.2 Å². The molecule has 2 atom stereocenters. The maximum absolute atomic E-state index is 12.7. The molecule has 20 heavy (non-hydrogen) atoms. The van der Waals surface area contributed by atoms with Gasteiger partial charge >= 0.3 is 0 Å². The SMILES string of the molecule is CC1CN(S(=O)(=O)c2cc(Br)ccc2Br)CC(CCl)O1. The molecule has 8 heteroatoms. The summed E-state index contributed by atoms with van der Waals surface area (Å²) in [5.74, 6) is 0.274. The van der Waals surface area contributed by atoms with E-state index in [0.717, 1.165) is 4.47 Å². The zero-order valence-corrected chi connectivity index (χ0v) is 15.5. The highest BCUT2D eigenvalue weighted by molar-refractivity contribution is 9.11. The third kappa shape index (κ3) is 3.56. The number of rotatable bonds is 3. The third-order valence-electron chi connectivity index (χ3n) is 2.98. The minimum atomic E-state index is -3.57. The summed E-state index contributed by atoms with van der Waals surface area (Å²) in [7, 11) is -3.57. The number of hydrogen-bond donors (Lipinski definition) is 0. The summed E-state index contributed by atoms with van der Waals surface area (Å²) in [6.45, 7) is 2.45. The number of sulfonamides is 1. The highest BCUT2D eigenvalue weighted by Gasteiger charge is 2.34. The Hall–Kier alpha value is 0.340. The second-order valence-electron chi connectivity index (χ2n) is 4.62. The fraction of sp³-hybridized carbons (Fsp3) is 0.500. The minimum Gasteiger partial charge on any atom is -0.371 e. The standard InChI is InChI=1S/C12H14Br2ClNO3S/c1-8-6-16(7-10(5-15)19-8)20(17,18)12-4-9(13)2-3-11(12)14/h2-4,8,10H,5-7H2,1H3. The van der Waals surface area contributed by atoms with E-state index in [1.54, 1.807) is 18.2 Å². The van der Waals surface area contributed by atoms with Crippen LogP contribution in [0.4, 0.5) is 0 Å². The normalized spacial score (nSPS) is 24.8. The van der Waals surface area contributed by atoms with Gasteiger partial charge in [0.25, 0.3) is 0 Å². The van der Waals surface area contributed by atoms with Crippen molar-refractivity contribution in [3.63, 3.8) is 0 Å². The Balaban J connectivity index is 2.36. The van der Waals surface area contributed by atoms with Crippen molar-refractivity contribution >= 4 is 53.5 Å². The molecule has 2 rings (SSSR count). The Labute approximate surface area is 140 Å². The van der Waals surface area contributed by atoms with Crippen LogP contribution in [0, 0.1) is 0 Å². The molecule has 0 bridgehead atoms. The first kappa shape index (κ1) is 16.7. The van der Waals surface area contributed by atoms with Gasteiger partial charge in [-0.3, -0.25) is 0 Å². The molecule has 1 aliphatic rings. The van der Waals surface area contributed by atoms with Crippen molar-refractivity contribution in [1.29, 1.82) is 0 Å². The van der Waals surface area contributed by atoms with Crippen molar-refractivity contribution in [2.75, 3.05) is 19.0 Å². The van der Waals surface area contributed by atoms with E-state index in [9.17, 15) is 8.42 Å². The molecule has 0 aromatic heterocycles. The highest BCUT2D eigenvalue weighted by atomic mass is 79.9. The van der Waals surface area contributed by atoms with E-state index in [1.807, 2.05) is 6.92 Å².